The van der Waals surface area contributed by atoms with E-state index in [-0.39, 0.29) is 11.5 Å². The third kappa shape index (κ3) is 2.89. The molecule has 2 fully saturated rings. The molecule has 1 saturated carbocycles. The Kier molecular flexibility index (Phi) is 4.37. The van der Waals surface area contributed by atoms with E-state index in [4.69, 9.17) is 9.47 Å². The zero-order valence-electron chi connectivity index (χ0n) is 15.6. The molecule has 0 aromatic heterocycles. The molecule has 1 heterocycles. The lowest BCUT2D eigenvalue weighted by molar-refractivity contribution is 0.0265. The number of carbonyl (C=O) groups excluding carboxylic acids is 1. The molecule has 4 nitrogen and oxygen atoms in total. The molecule has 0 radical (unpaired) electrons. The normalized spacial score (nSPS) is 31.7. The highest BCUT2D eigenvalue weighted by Gasteiger charge is 2.52. The third-order valence-electron chi connectivity index (χ3n) is 6.68. The number of methoxy groups -OCH3 is 1. The van der Waals surface area contributed by atoms with Crippen LogP contribution in [0.1, 0.15) is 49.0 Å². The van der Waals surface area contributed by atoms with Crippen LogP contribution in [0.2, 0.25) is 0 Å². The van der Waals surface area contributed by atoms with Crippen molar-refractivity contribution >= 4 is 5.78 Å². The molecule has 0 unspecified atom stereocenters. The fourth-order valence-corrected chi connectivity index (χ4v) is 4.72. The van der Waals surface area contributed by atoms with Crippen molar-refractivity contribution in [3.63, 3.8) is 0 Å². The van der Waals surface area contributed by atoms with Crippen molar-refractivity contribution in [3.05, 3.63) is 29.3 Å². The van der Waals surface area contributed by atoms with Crippen LogP contribution in [0.3, 0.4) is 0 Å². The Morgan fingerprint density at radius 2 is 2.08 bits per heavy atom. The SMILES string of the molecule is COCCOc1ccc2c(c1)[C@@]1(C)CCN(CC3CC3)[C@H](C2=O)[C@@H]1C. The molecular weight excluding hydrogens is 314 g/mol. The van der Waals surface area contributed by atoms with Crippen LogP contribution >= 0.6 is 0 Å². The predicted molar refractivity (Wildman–Crippen MR) is 97.4 cm³/mol. The molecule has 1 aliphatic heterocycles. The highest BCUT2D eigenvalue weighted by atomic mass is 16.5. The van der Waals surface area contributed by atoms with E-state index in [1.165, 1.54) is 18.4 Å². The maximum absolute atomic E-state index is 13.3. The van der Waals surface area contributed by atoms with Gasteiger partial charge < -0.3 is 9.47 Å². The average Bonchev–Trinajstić information content (AvgIpc) is 3.41. The largest absolute Gasteiger partial charge is 0.491 e. The molecule has 4 heteroatoms. The molecule has 0 spiro atoms. The standard InChI is InChI=1S/C21H29NO3/c1-14-19-20(23)17-7-6-16(25-11-10-24-3)12-18(17)21(14,2)8-9-22(19)13-15-4-5-15/h6-7,12,14-15,19H,4-5,8-11,13H2,1-3H3/t14-,19-,21-/m0/s1. The van der Waals surface area contributed by atoms with Gasteiger partial charge in [-0.05, 0) is 66.8 Å². The van der Waals surface area contributed by atoms with Crippen LogP contribution in [0.5, 0.6) is 5.75 Å². The maximum atomic E-state index is 13.3. The molecule has 2 aliphatic carbocycles. The van der Waals surface area contributed by atoms with Gasteiger partial charge in [-0.2, -0.15) is 0 Å². The first-order valence-electron chi connectivity index (χ1n) is 9.59. The number of carbonyl (C=O) groups is 1. The van der Waals surface area contributed by atoms with Crippen LogP contribution in [0.25, 0.3) is 0 Å². The number of benzene rings is 1. The summed E-state index contributed by atoms with van der Waals surface area (Å²) in [7, 11) is 1.67. The van der Waals surface area contributed by atoms with Crippen LogP contribution in [0.15, 0.2) is 18.2 Å². The number of likely N-dealkylation sites (tertiary alicyclic amines) is 1. The van der Waals surface area contributed by atoms with Crippen molar-refractivity contribution in [1.29, 1.82) is 0 Å². The Labute approximate surface area is 150 Å². The summed E-state index contributed by atoms with van der Waals surface area (Å²) in [4.78, 5) is 15.7. The van der Waals surface area contributed by atoms with Crippen molar-refractivity contribution in [2.45, 2.75) is 44.6 Å². The van der Waals surface area contributed by atoms with Crippen LogP contribution in [-0.4, -0.2) is 50.1 Å². The van der Waals surface area contributed by atoms with Gasteiger partial charge in [0.25, 0.3) is 0 Å². The molecule has 25 heavy (non-hydrogen) atoms. The fourth-order valence-electron chi connectivity index (χ4n) is 4.72. The van der Waals surface area contributed by atoms with E-state index in [0.29, 0.717) is 24.9 Å². The third-order valence-corrected chi connectivity index (χ3v) is 6.68. The van der Waals surface area contributed by atoms with Gasteiger partial charge in [0.1, 0.15) is 12.4 Å². The number of ketones is 1. The lowest BCUT2D eigenvalue weighted by atomic mass is 9.58. The summed E-state index contributed by atoms with van der Waals surface area (Å²) in [6.45, 7) is 7.84. The number of ether oxygens (including phenoxy) is 2. The molecule has 136 valence electrons. The summed E-state index contributed by atoms with van der Waals surface area (Å²) < 4.78 is 10.9. The number of nitrogens with zero attached hydrogens (tertiary/aromatic N) is 1. The van der Waals surface area contributed by atoms with Gasteiger partial charge in [-0.25, -0.2) is 0 Å². The highest BCUT2D eigenvalue weighted by Crippen LogP contribution is 2.50. The van der Waals surface area contributed by atoms with Crippen LogP contribution in [-0.2, 0) is 10.2 Å². The number of piperidine rings is 1. The van der Waals surface area contributed by atoms with Gasteiger partial charge in [-0.3, -0.25) is 9.69 Å². The number of fused-ring (bicyclic) bond motifs is 4. The quantitative estimate of drug-likeness (QED) is 0.743. The summed E-state index contributed by atoms with van der Waals surface area (Å²) in [5.41, 5.74) is 2.14. The minimum atomic E-state index is 0.0482. The Morgan fingerprint density at radius 3 is 2.80 bits per heavy atom. The number of Topliss-reactive ketones (excluding diaryl/α,β-unsaturated/α-hetero) is 1. The second kappa shape index (κ2) is 6.40. The number of rotatable bonds is 6. The fraction of sp³-hybridized carbons (Fsp3) is 0.667. The topological polar surface area (TPSA) is 38.8 Å². The molecule has 3 aliphatic rings. The summed E-state index contributed by atoms with van der Waals surface area (Å²) in [5, 5.41) is 0. The van der Waals surface area contributed by atoms with Gasteiger partial charge in [0.2, 0.25) is 0 Å². The second-order valence-electron chi connectivity index (χ2n) is 8.25. The predicted octanol–water partition coefficient (Wildman–Crippen LogP) is 3.29. The zero-order valence-corrected chi connectivity index (χ0v) is 15.6. The molecule has 1 saturated heterocycles. The Morgan fingerprint density at radius 1 is 1.28 bits per heavy atom. The molecule has 1 aromatic rings. The molecule has 1 aromatic carbocycles. The number of hydrogen-bond donors (Lipinski definition) is 0. The smallest absolute Gasteiger partial charge is 0.180 e. The highest BCUT2D eigenvalue weighted by molar-refractivity contribution is 6.03. The monoisotopic (exact) mass is 343 g/mol. The van der Waals surface area contributed by atoms with Crippen molar-refractivity contribution in [1.82, 2.24) is 4.90 Å². The van der Waals surface area contributed by atoms with E-state index in [1.807, 2.05) is 12.1 Å². The van der Waals surface area contributed by atoms with Crippen molar-refractivity contribution in [2.24, 2.45) is 11.8 Å². The van der Waals surface area contributed by atoms with Gasteiger partial charge in [-0.1, -0.05) is 13.8 Å². The average molecular weight is 343 g/mol. The lowest BCUT2D eigenvalue weighted by Gasteiger charge is -2.53. The van der Waals surface area contributed by atoms with E-state index >= 15 is 0 Å². The first kappa shape index (κ1) is 17.0. The van der Waals surface area contributed by atoms with Crippen LogP contribution in [0.4, 0.5) is 0 Å². The molecule has 0 amide bonds. The Balaban J connectivity index is 1.65. The van der Waals surface area contributed by atoms with E-state index in [2.05, 4.69) is 24.8 Å². The summed E-state index contributed by atoms with van der Waals surface area (Å²) in [6, 6.07) is 6.07. The van der Waals surface area contributed by atoms with Gasteiger partial charge in [-0.15, -0.1) is 0 Å². The first-order valence-corrected chi connectivity index (χ1v) is 9.59. The zero-order chi connectivity index (χ0) is 17.6. The maximum Gasteiger partial charge on any atom is 0.180 e. The number of hydrogen-bond acceptors (Lipinski definition) is 4. The minimum Gasteiger partial charge on any atom is -0.491 e. The molecule has 2 bridgehead atoms. The second-order valence-corrected chi connectivity index (χ2v) is 8.25. The first-order chi connectivity index (χ1) is 12.0. The lowest BCUT2D eigenvalue weighted by Crippen LogP contribution is -2.61. The Hall–Kier alpha value is -1.39. The molecular formula is C21H29NO3. The molecule has 4 rings (SSSR count). The molecule has 3 atom stereocenters. The van der Waals surface area contributed by atoms with Gasteiger partial charge in [0.05, 0.1) is 12.6 Å². The minimum absolute atomic E-state index is 0.0482. The van der Waals surface area contributed by atoms with Crippen LogP contribution < -0.4 is 4.74 Å². The summed E-state index contributed by atoms with van der Waals surface area (Å²) in [5.74, 6) is 2.32. The van der Waals surface area contributed by atoms with Crippen molar-refractivity contribution in [2.75, 3.05) is 33.4 Å². The van der Waals surface area contributed by atoms with Crippen molar-refractivity contribution in [3.8, 4) is 5.75 Å². The van der Waals surface area contributed by atoms with E-state index in [1.54, 1.807) is 7.11 Å². The van der Waals surface area contributed by atoms with Crippen LogP contribution in [0, 0.1) is 11.8 Å². The summed E-state index contributed by atoms with van der Waals surface area (Å²) >= 11 is 0. The van der Waals surface area contributed by atoms with Gasteiger partial charge in [0.15, 0.2) is 5.78 Å². The summed E-state index contributed by atoms with van der Waals surface area (Å²) in [6.07, 6.45) is 3.78. The van der Waals surface area contributed by atoms with Gasteiger partial charge >= 0.3 is 0 Å². The van der Waals surface area contributed by atoms with E-state index < -0.39 is 0 Å². The van der Waals surface area contributed by atoms with E-state index in [0.717, 1.165) is 36.7 Å². The Bertz CT molecular complexity index is 669. The van der Waals surface area contributed by atoms with Crippen molar-refractivity contribution < 1.29 is 14.3 Å². The van der Waals surface area contributed by atoms with Gasteiger partial charge in [0, 0.05) is 19.2 Å². The van der Waals surface area contributed by atoms with E-state index in [9.17, 15) is 4.79 Å². The molecule has 0 N–H and O–H groups in total.